The molecule has 2 N–H and O–H groups in total. The maximum atomic E-state index is 12.1. The van der Waals surface area contributed by atoms with Crippen LogP contribution in [0.15, 0.2) is 34.9 Å². The fourth-order valence-corrected chi connectivity index (χ4v) is 2.37. The molecule has 1 amide bonds. The number of rotatable bonds is 2. The number of nitrogens with one attached hydrogen (secondary N) is 2. The highest BCUT2D eigenvalue weighted by Gasteiger charge is 2.13. The van der Waals surface area contributed by atoms with Crippen LogP contribution in [0.1, 0.15) is 28.1 Å². The summed E-state index contributed by atoms with van der Waals surface area (Å²) in [5.74, 6) is 0.507. The quantitative estimate of drug-likeness (QED) is 0.867. The Balaban J connectivity index is 1.80. The number of carbonyl (C=O) groups excluding carboxylic acids is 1. The molecule has 1 aromatic carbocycles. The lowest BCUT2D eigenvalue weighted by Gasteiger charge is -2.18. The minimum Gasteiger partial charge on any atom is -0.469 e. The van der Waals surface area contributed by atoms with Gasteiger partial charge in [-0.25, -0.2) is 0 Å². The van der Waals surface area contributed by atoms with E-state index in [1.807, 2.05) is 18.2 Å². The van der Waals surface area contributed by atoms with Crippen molar-refractivity contribution in [1.29, 1.82) is 0 Å². The molecule has 0 saturated carbocycles. The lowest BCUT2D eigenvalue weighted by molar-refractivity contribution is 0.102. The maximum absolute atomic E-state index is 12.1. The standard InChI is InChI=1S/C15H16N2O2/c1-10-13(6-8-19-10)15(18)17-12-4-5-14-11(9-12)3-2-7-16-14/h4-6,8-9,16H,2-3,7H2,1H3,(H,17,18). The Morgan fingerprint density at radius 1 is 1.37 bits per heavy atom. The molecule has 2 aromatic rings. The molecule has 98 valence electrons. The number of aryl methyl sites for hydroxylation is 2. The van der Waals surface area contributed by atoms with Crippen LogP contribution in [0.25, 0.3) is 0 Å². The van der Waals surface area contributed by atoms with Gasteiger partial charge in [-0.15, -0.1) is 0 Å². The lowest BCUT2D eigenvalue weighted by Crippen LogP contribution is -2.14. The molecule has 1 aromatic heterocycles. The summed E-state index contributed by atoms with van der Waals surface area (Å²) in [6.45, 7) is 2.80. The number of fused-ring (bicyclic) bond motifs is 1. The number of amides is 1. The second-order valence-corrected chi connectivity index (χ2v) is 4.75. The Bertz CT molecular complexity index is 616. The fourth-order valence-electron chi connectivity index (χ4n) is 2.37. The van der Waals surface area contributed by atoms with E-state index in [4.69, 9.17) is 4.42 Å². The third-order valence-electron chi connectivity index (χ3n) is 3.40. The van der Waals surface area contributed by atoms with Crippen molar-refractivity contribution in [2.24, 2.45) is 0 Å². The highest BCUT2D eigenvalue weighted by Crippen LogP contribution is 2.25. The van der Waals surface area contributed by atoms with Gasteiger partial charge in [-0.2, -0.15) is 0 Å². The van der Waals surface area contributed by atoms with Gasteiger partial charge >= 0.3 is 0 Å². The largest absolute Gasteiger partial charge is 0.469 e. The maximum Gasteiger partial charge on any atom is 0.259 e. The summed E-state index contributed by atoms with van der Waals surface area (Å²) in [7, 11) is 0. The van der Waals surface area contributed by atoms with E-state index in [2.05, 4.69) is 10.6 Å². The van der Waals surface area contributed by atoms with Crippen molar-refractivity contribution in [2.45, 2.75) is 19.8 Å². The summed E-state index contributed by atoms with van der Waals surface area (Å²) in [4.78, 5) is 12.1. The first-order chi connectivity index (χ1) is 9.24. The molecule has 4 heteroatoms. The van der Waals surface area contributed by atoms with Crippen LogP contribution in [0, 0.1) is 6.92 Å². The molecule has 19 heavy (non-hydrogen) atoms. The van der Waals surface area contributed by atoms with E-state index in [1.165, 1.54) is 17.5 Å². The number of hydrogen-bond donors (Lipinski definition) is 2. The van der Waals surface area contributed by atoms with Gasteiger partial charge in [0.25, 0.3) is 5.91 Å². The monoisotopic (exact) mass is 256 g/mol. The van der Waals surface area contributed by atoms with Gasteiger partial charge in [-0.1, -0.05) is 0 Å². The molecule has 0 saturated heterocycles. The number of benzene rings is 1. The molecule has 0 spiro atoms. The Hall–Kier alpha value is -2.23. The zero-order chi connectivity index (χ0) is 13.2. The third-order valence-corrected chi connectivity index (χ3v) is 3.40. The van der Waals surface area contributed by atoms with Crippen LogP contribution >= 0.6 is 0 Å². The van der Waals surface area contributed by atoms with Crippen molar-refractivity contribution in [3.63, 3.8) is 0 Å². The van der Waals surface area contributed by atoms with Gasteiger partial charge in [-0.3, -0.25) is 4.79 Å². The molecule has 2 heterocycles. The van der Waals surface area contributed by atoms with Crippen molar-refractivity contribution in [2.75, 3.05) is 17.2 Å². The van der Waals surface area contributed by atoms with Crippen LogP contribution < -0.4 is 10.6 Å². The van der Waals surface area contributed by atoms with E-state index in [0.29, 0.717) is 11.3 Å². The molecule has 3 rings (SSSR count). The van der Waals surface area contributed by atoms with E-state index in [9.17, 15) is 4.79 Å². The summed E-state index contributed by atoms with van der Waals surface area (Å²) in [6.07, 6.45) is 3.71. The molecule has 0 aliphatic carbocycles. The second-order valence-electron chi connectivity index (χ2n) is 4.75. The predicted molar refractivity (Wildman–Crippen MR) is 74.7 cm³/mol. The Kier molecular flexibility index (Phi) is 2.99. The summed E-state index contributed by atoms with van der Waals surface area (Å²) in [5, 5.41) is 6.26. The molecule has 1 aliphatic heterocycles. The van der Waals surface area contributed by atoms with Crippen molar-refractivity contribution in [3.8, 4) is 0 Å². The number of furan rings is 1. The number of anilines is 2. The smallest absolute Gasteiger partial charge is 0.259 e. The van der Waals surface area contributed by atoms with Crippen LogP contribution in [0.3, 0.4) is 0 Å². The predicted octanol–water partition coefficient (Wildman–Crippen LogP) is 3.20. The minimum absolute atomic E-state index is 0.130. The first-order valence-electron chi connectivity index (χ1n) is 6.46. The normalized spacial score (nSPS) is 13.5. The molecule has 0 bridgehead atoms. The van der Waals surface area contributed by atoms with Crippen molar-refractivity contribution >= 4 is 17.3 Å². The number of carbonyl (C=O) groups is 1. The molecular formula is C15H16N2O2. The van der Waals surface area contributed by atoms with Crippen molar-refractivity contribution in [1.82, 2.24) is 0 Å². The molecule has 0 atom stereocenters. The van der Waals surface area contributed by atoms with Gasteiger partial charge in [-0.05, 0) is 49.6 Å². The van der Waals surface area contributed by atoms with Gasteiger partial charge in [0, 0.05) is 17.9 Å². The molecular weight excluding hydrogens is 240 g/mol. The van der Waals surface area contributed by atoms with Crippen LogP contribution in [-0.4, -0.2) is 12.5 Å². The zero-order valence-electron chi connectivity index (χ0n) is 10.8. The highest BCUT2D eigenvalue weighted by atomic mass is 16.3. The summed E-state index contributed by atoms with van der Waals surface area (Å²) in [6, 6.07) is 7.66. The third kappa shape index (κ3) is 2.34. The van der Waals surface area contributed by atoms with Crippen molar-refractivity contribution in [3.05, 3.63) is 47.4 Å². The van der Waals surface area contributed by atoms with E-state index in [1.54, 1.807) is 13.0 Å². The summed E-state index contributed by atoms with van der Waals surface area (Å²) < 4.78 is 5.14. The minimum atomic E-state index is -0.130. The van der Waals surface area contributed by atoms with Gasteiger partial charge in [0.15, 0.2) is 0 Å². The Morgan fingerprint density at radius 3 is 3.05 bits per heavy atom. The zero-order valence-corrected chi connectivity index (χ0v) is 10.8. The van der Waals surface area contributed by atoms with E-state index in [-0.39, 0.29) is 5.91 Å². The fraction of sp³-hybridized carbons (Fsp3) is 0.267. The topological polar surface area (TPSA) is 54.3 Å². The first kappa shape index (κ1) is 11.8. The molecule has 0 fully saturated rings. The van der Waals surface area contributed by atoms with Gasteiger partial charge in [0.05, 0.1) is 11.8 Å². The summed E-state index contributed by atoms with van der Waals surface area (Å²) in [5.41, 5.74) is 3.83. The van der Waals surface area contributed by atoms with Crippen LogP contribution in [0.2, 0.25) is 0 Å². The van der Waals surface area contributed by atoms with Crippen LogP contribution in [0.4, 0.5) is 11.4 Å². The first-order valence-corrected chi connectivity index (χ1v) is 6.46. The van der Waals surface area contributed by atoms with Crippen molar-refractivity contribution < 1.29 is 9.21 Å². The summed E-state index contributed by atoms with van der Waals surface area (Å²) >= 11 is 0. The average molecular weight is 256 g/mol. The number of hydrogen-bond acceptors (Lipinski definition) is 3. The van der Waals surface area contributed by atoms with Gasteiger partial charge < -0.3 is 15.1 Å². The van der Waals surface area contributed by atoms with Crippen LogP contribution in [0.5, 0.6) is 0 Å². The molecule has 0 radical (unpaired) electrons. The molecule has 0 unspecified atom stereocenters. The lowest BCUT2D eigenvalue weighted by atomic mass is 10.0. The van der Waals surface area contributed by atoms with Crippen LogP contribution in [-0.2, 0) is 6.42 Å². The SMILES string of the molecule is Cc1occc1C(=O)Nc1ccc2c(c1)CCCN2. The molecule has 1 aliphatic rings. The molecule has 4 nitrogen and oxygen atoms in total. The highest BCUT2D eigenvalue weighted by molar-refractivity contribution is 6.05. The second kappa shape index (κ2) is 4.80. The average Bonchev–Trinajstić information content (AvgIpc) is 2.85. The van der Waals surface area contributed by atoms with E-state index < -0.39 is 0 Å². The van der Waals surface area contributed by atoms with E-state index in [0.717, 1.165) is 25.1 Å². The van der Waals surface area contributed by atoms with Gasteiger partial charge in [0.1, 0.15) is 5.76 Å². The Labute approximate surface area is 111 Å². The Morgan fingerprint density at radius 2 is 2.26 bits per heavy atom. The van der Waals surface area contributed by atoms with E-state index >= 15 is 0 Å². The van der Waals surface area contributed by atoms with Gasteiger partial charge in [0.2, 0.25) is 0 Å².